The normalized spacial score (nSPS) is 11.9. The summed E-state index contributed by atoms with van der Waals surface area (Å²) in [7, 11) is 0. The third kappa shape index (κ3) is 4.82. The van der Waals surface area contributed by atoms with Crippen LogP contribution in [0, 0.1) is 0 Å². The van der Waals surface area contributed by atoms with Gasteiger partial charge in [0, 0.05) is 43.5 Å². The van der Waals surface area contributed by atoms with Gasteiger partial charge in [-0.05, 0) is 18.6 Å². The monoisotopic (exact) mass is 345 g/mol. The number of H-pyrrole nitrogens is 1. The van der Waals surface area contributed by atoms with Crippen molar-refractivity contribution in [3.05, 3.63) is 36.0 Å². The molecule has 25 heavy (non-hydrogen) atoms. The number of aromatic nitrogens is 1. The van der Waals surface area contributed by atoms with Gasteiger partial charge in [0.15, 0.2) is 0 Å². The Morgan fingerprint density at radius 3 is 2.64 bits per heavy atom. The number of hydrogen-bond donors (Lipinski definition) is 3. The first-order chi connectivity index (χ1) is 11.9. The third-order valence-electron chi connectivity index (χ3n) is 4.06. The molecule has 2 rings (SSSR count). The number of carbonyl (C=O) groups is 3. The van der Waals surface area contributed by atoms with Crippen LogP contribution in [0.4, 0.5) is 0 Å². The number of nitrogens with zero attached hydrogens (tertiary/aromatic N) is 1. The fraction of sp³-hybridized carbons (Fsp3) is 0.389. The van der Waals surface area contributed by atoms with Crippen molar-refractivity contribution in [2.75, 3.05) is 13.1 Å². The van der Waals surface area contributed by atoms with E-state index in [0.29, 0.717) is 13.0 Å². The van der Waals surface area contributed by atoms with E-state index < -0.39 is 12.0 Å². The number of likely N-dealkylation sites (N-methyl/N-ethyl adjacent to an activating group) is 1. The van der Waals surface area contributed by atoms with E-state index in [2.05, 4.69) is 10.3 Å². The lowest BCUT2D eigenvalue weighted by atomic mass is 10.0. The number of nitrogens with one attached hydrogen (secondary N) is 2. The maximum absolute atomic E-state index is 12.8. The molecular weight excluding hydrogens is 322 g/mol. The van der Waals surface area contributed by atoms with Crippen molar-refractivity contribution in [3.63, 3.8) is 0 Å². The van der Waals surface area contributed by atoms with E-state index >= 15 is 0 Å². The molecule has 7 nitrogen and oxygen atoms in total. The number of fused-ring (bicyclic) bond motifs is 1. The maximum atomic E-state index is 12.8. The molecule has 1 aromatic carbocycles. The maximum Gasteiger partial charge on any atom is 0.305 e. The predicted octanol–water partition coefficient (Wildman–Crippen LogP) is 1.54. The van der Waals surface area contributed by atoms with Crippen LogP contribution in [-0.4, -0.2) is 51.9 Å². The van der Waals surface area contributed by atoms with E-state index in [1.807, 2.05) is 30.5 Å². The molecule has 134 valence electrons. The van der Waals surface area contributed by atoms with E-state index in [1.54, 1.807) is 6.92 Å². The third-order valence-corrected chi connectivity index (χ3v) is 4.06. The summed E-state index contributed by atoms with van der Waals surface area (Å²) >= 11 is 0. The number of rotatable bonds is 8. The van der Waals surface area contributed by atoms with E-state index in [4.69, 9.17) is 5.11 Å². The number of aromatic amines is 1. The fourth-order valence-corrected chi connectivity index (χ4v) is 2.84. The minimum Gasteiger partial charge on any atom is -0.481 e. The van der Waals surface area contributed by atoms with Gasteiger partial charge in [-0.3, -0.25) is 14.4 Å². The number of hydrogen-bond acceptors (Lipinski definition) is 3. The highest BCUT2D eigenvalue weighted by Crippen LogP contribution is 2.19. The van der Waals surface area contributed by atoms with Gasteiger partial charge >= 0.3 is 5.97 Å². The van der Waals surface area contributed by atoms with Crippen LogP contribution < -0.4 is 5.32 Å². The Labute approximate surface area is 146 Å². The van der Waals surface area contributed by atoms with Crippen molar-refractivity contribution in [1.82, 2.24) is 15.2 Å². The van der Waals surface area contributed by atoms with E-state index in [-0.39, 0.29) is 24.8 Å². The van der Waals surface area contributed by atoms with Gasteiger partial charge in [-0.2, -0.15) is 0 Å². The molecule has 0 aliphatic rings. The van der Waals surface area contributed by atoms with Crippen molar-refractivity contribution in [1.29, 1.82) is 0 Å². The summed E-state index contributed by atoms with van der Waals surface area (Å²) in [4.78, 5) is 39.7. The highest BCUT2D eigenvalue weighted by molar-refractivity contribution is 5.89. The highest BCUT2D eigenvalue weighted by Gasteiger charge is 2.25. The standard InChI is InChI=1S/C18H23N3O4/c1-3-21(9-8-17(23)24)18(25)16(20-12(2)22)10-13-11-19-15-7-5-4-6-14(13)15/h4-7,11,16,19H,3,8-10H2,1-2H3,(H,20,22)(H,23,24). The van der Waals surface area contributed by atoms with Gasteiger partial charge in [0.1, 0.15) is 6.04 Å². The number of carbonyl (C=O) groups excluding carboxylic acids is 2. The predicted molar refractivity (Wildman–Crippen MR) is 94.1 cm³/mol. The van der Waals surface area contributed by atoms with Crippen LogP contribution in [-0.2, 0) is 20.8 Å². The van der Waals surface area contributed by atoms with Crippen LogP contribution in [0.3, 0.4) is 0 Å². The summed E-state index contributed by atoms with van der Waals surface area (Å²) in [5.41, 5.74) is 1.89. The molecule has 0 radical (unpaired) electrons. The Balaban J connectivity index is 2.21. The summed E-state index contributed by atoms with van der Waals surface area (Å²) in [5, 5.41) is 12.5. The van der Waals surface area contributed by atoms with Crippen molar-refractivity contribution >= 4 is 28.7 Å². The van der Waals surface area contributed by atoms with Crippen LogP contribution in [0.25, 0.3) is 10.9 Å². The largest absolute Gasteiger partial charge is 0.481 e. The highest BCUT2D eigenvalue weighted by atomic mass is 16.4. The van der Waals surface area contributed by atoms with Gasteiger partial charge in [0.25, 0.3) is 0 Å². The second kappa shape index (κ2) is 8.32. The van der Waals surface area contributed by atoms with Crippen LogP contribution in [0.15, 0.2) is 30.5 Å². The molecule has 0 spiro atoms. The average Bonchev–Trinajstić information content (AvgIpc) is 2.97. The summed E-state index contributed by atoms with van der Waals surface area (Å²) in [6, 6.07) is 7.01. The molecule has 0 saturated heterocycles. The lowest BCUT2D eigenvalue weighted by Gasteiger charge is -2.26. The Morgan fingerprint density at radius 1 is 1.28 bits per heavy atom. The van der Waals surface area contributed by atoms with Crippen molar-refractivity contribution in [2.45, 2.75) is 32.7 Å². The van der Waals surface area contributed by atoms with Crippen LogP contribution in [0.5, 0.6) is 0 Å². The summed E-state index contributed by atoms with van der Waals surface area (Å²) in [6.07, 6.45) is 2.05. The zero-order valence-electron chi connectivity index (χ0n) is 14.4. The number of carboxylic acid groups (broad SMARTS) is 1. The second-order valence-corrected chi connectivity index (χ2v) is 5.88. The average molecular weight is 345 g/mol. The molecule has 2 aromatic rings. The Morgan fingerprint density at radius 2 is 2.00 bits per heavy atom. The molecule has 7 heteroatoms. The lowest BCUT2D eigenvalue weighted by molar-refractivity contribution is -0.140. The quantitative estimate of drug-likeness (QED) is 0.675. The Kier molecular flexibility index (Phi) is 6.16. The van der Waals surface area contributed by atoms with E-state index in [0.717, 1.165) is 16.5 Å². The minimum atomic E-state index is -0.959. The summed E-state index contributed by atoms with van der Waals surface area (Å²) < 4.78 is 0. The molecule has 1 atom stereocenters. The molecule has 2 amide bonds. The van der Waals surface area contributed by atoms with Crippen LogP contribution in [0.1, 0.15) is 25.8 Å². The molecule has 0 bridgehead atoms. The van der Waals surface area contributed by atoms with Crippen molar-refractivity contribution in [3.8, 4) is 0 Å². The SMILES string of the molecule is CCN(CCC(=O)O)C(=O)C(Cc1c[nH]c2ccccc12)NC(C)=O. The second-order valence-electron chi connectivity index (χ2n) is 5.88. The topological polar surface area (TPSA) is 102 Å². The first-order valence-corrected chi connectivity index (χ1v) is 8.25. The fourth-order valence-electron chi connectivity index (χ4n) is 2.84. The molecule has 3 N–H and O–H groups in total. The number of amides is 2. The smallest absolute Gasteiger partial charge is 0.305 e. The van der Waals surface area contributed by atoms with Gasteiger partial charge in [-0.25, -0.2) is 0 Å². The zero-order chi connectivity index (χ0) is 18.4. The molecule has 1 heterocycles. The van der Waals surface area contributed by atoms with Gasteiger partial charge < -0.3 is 20.3 Å². The lowest BCUT2D eigenvalue weighted by Crippen LogP contribution is -2.49. The van der Waals surface area contributed by atoms with Crippen LogP contribution in [0.2, 0.25) is 0 Å². The number of benzene rings is 1. The zero-order valence-corrected chi connectivity index (χ0v) is 14.4. The molecule has 0 saturated carbocycles. The molecule has 0 aliphatic carbocycles. The van der Waals surface area contributed by atoms with E-state index in [1.165, 1.54) is 11.8 Å². The summed E-state index contributed by atoms with van der Waals surface area (Å²) in [6.45, 7) is 3.66. The van der Waals surface area contributed by atoms with Crippen LogP contribution >= 0.6 is 0 Å². The number of carboxylic acids is 1. The van der Waals surface area contributed by atoms with Crippen molar-refractivity contribution in [2.24, 2.45) is 0 Å². The number of aliphatic carboxylic acids is 1. The van der Waals surface area contributed by atoms with Crippen molar-refractivity contribution < 1.29 is 19.5 Å². The molecule has 0 aliphatic heterocycles. The molecule has 1 unspecified atom stereocenters. The summed E-state index contributed by atoms with van der Waals surface area (Å²) in [5.74, 6) is -1.53. The first kappa shape index (κ1) is 18.5. The van der Waals surface area contributed by atoms with Gasteiger partial charge in [-0.1, -0.05) is 18.2 Å². The van der Waals surface area contributed by atoms with Gasteiger partial charge in [-0.15, -0.1) is 0 Å². The molecule has 0 fully saturated rings. The minimum absolute atomic E-state index is 0.120. The van der Waals surface area contributed by atoms with E-state index in [9.17, 15) is 14.4 Å². The molecular formula is C18H23N3O4. The number of para-hydroxylation sites is 1. The Hall–Kier alpha value is -2.83. The molecule has 1 aromatic heterocycles. The van der Waals surface area contributed by atoms with Gasteiger partial charge in [0.2, 0.25) is 11.8 Å². The van der Waals surface area contributed by atoms with Gasteiger partial charge in [0.05, 0.1) is 6.42 Å². The Bertz CT molecular complexity index is 769. The first-order valence-electron chi connectivity index (χ1n) is 8.25.